The average Bonchev–Trinajstić information content (AvgIpc) is 2.71. The lowest BCUT2D eigenvalue weighted by molar-refractivity contribution is 0.0394. The molecule has 0 aliphatic carbocycles. The molecule has 8 heteroatoms. The number of aromatic nitrogens is 2. The second-order valence-electron chi connectivity index (χ2n) is 6.82. The molecule has 0 N–H and O–H groups in total. The highest BCUT2D eigenvalue weighted by molar-refractivity contribution is 6.33. The first-order chi connectivity index (χ1) is 14.0. The highest BCUT2D eigenvalue weighted by Crippen LogP contribution is 2.30. The zero-order valence-corrected chi connectivity index (χ0v) is 16.4. The molecule has 1 unspecified atom stereocenters. The first-order valence-corrected chi connectivity index (χ1v) is 9.49. The summed E-state index contributed by atoms with van der Waals surface area (Å²) in [5.41, 5.74) is 1.81. The first-order valence-electron chi connectivity index (χ1n) is 9.11. The van der Waals surface area contributed by atoms with Gasteiger partial charge in [0.1, 0.15) is 22.6 Å². The lowest BCUT2D eigenvalue weighted by Crippen LogP contribution is -2.40. The van der Waals surface area contributed by atoms with Crippen molar-refractivity contribution in [3.05, 3.63) is 86.8 Å². The lowest BCUT2D eigenvalue weighted by atomic mass is 10.0. The van der Waals surface area contributed by atoms with Crippen LogP contribution in [0.4, 0.5) is 14.5 Å². The van der Waals surface area contributed by atoms with Crippen molar-refractivity contribution in [3.63, 3.8) is 0 Å². The Morgan fingerprint density at radius 3 is 2.72 bits per heavy atom. The monoisotopic (exact) mass is 417 g/mol. The Kier molecular flexibility index (Phi) is 5.34. The van der Waals surface area contributed by atoms with Crippen molar-refractivity contribution < 1.29 is 13.5 Å². The average molecular weight is 418 g/mol. The van der Waals surface area contributed by atoms with Crippen LogP contribution in [0.5, 0.6) is 0 Å². The molecule has 0 saturated carbocycles. The van der Waals surface area contributed by atoms with Crippen LogP contribution in [0, 0.1) is 18.6 Å². The Labute approximate surface area is 171 Å². The topological polar surface area (TPSA) is 47.4 Å². The summed E-state index contributed by atoms with van der Waals surface area (Å²) >= 11 is 6.34. The van der Waals surface area contributed by atoms with Gasteiger partial charge in [0.25, 0.3) is 5.56 Å². The minimum absolute atomic E-state index is 0.0749. The molecule has 2 heterocycles. The second-order valence-corrected chi connectivity index (χ2v) is 7.20. The van der Waals surface area contributed by atoms with Crippen LogP contribution in [-0.4, -0.2) is 29.5 Å². The smallest absolute Gasteiger partial charge is 0.292 e. The first kappa shape index (κ1) is 19.5. The van der Waals surface area contributed by atoms with Crippen molar-refractivity contribution >= 4 is 17.3 Å². The molecule has 5 nitrogen and oxygen atoms in total. The van der Waals surface area contributed by atoms with Crippen molar-refractivity contribution in [1.29, 1.82) is 0 Å². The molecule has 3 aromatic rings. The van der Waals surface area contributed by atoms with E-state index in [0.717, 1.165) is 27.9 Å². The fraction of sp³-hybridized carbons (Fsp3) is 0.238. The van der Waals surface area contributed by atoms with Gasteiger partial charge in [-0.25, -0.2) is 8.78 Å². The predicted octanol–water partition coefficient (Wildman–Crippen LogP) is 4.05. The van der Waals surface area contributed by atoms with Gasteiger partial charge in [-0.05, 0) is 30.2 Å². The third kappa shape index (κ3) is 3.75. The summed E-state index contributed by atoms with van der Waals surface area (Å²) in [6.07, 6.45) is 1.25. The molecule has 4 rings (SSSR count). The van der Waals surface area contributed by atoms with Gasteiger partial charge in [0, 0.05) is 19.2 Å². The summed E-state index contributed by atoms with van der Waals surface area (Å²) in [6, 6.07) is 10.9. The molecule has 1 fully saturated rings. The fourth-order valence-corrected chi connectivity index (χ4v) is 3.72. The molecule has 1 saturated heterocycles. The van der Waals surface area contributed by atoms with Crippen molar-refractivity contribution in [3.8, 4) is 5.69 Å². The number of hydrogen-bond donors (Lipinski definition) is 0. The van der Waals surface area contributed by atoms with E-state index in [1.807, 2.05) is 36.1 Å². The molecule has 0 spiro atoms. The summed E-state index contributed by atoms with van der Waals surface area (Å²) < 4.78 is 34.0. The number of halogens is 3. The molecule has 150 valence electrons. The standard InChI is InChI=1S/C21H18ClF2N3O2/c1-13-4-2-3-5-15(13)19-12-26(8-9-29-19)18-11-25-27(21(28)20(18)22)17-7-6-14(23)10-16(17)24/h2-7,10-11,19H,8-9,12H2,1H3. The Balaban J connectivity index is 1.66. The third-order valence-corrected chi connectivity index (χ3v) is 5.34. The van der Waals surface area contributed by atoms with Gasteiger partial charge >= 0.3 is 0 Å². The normalized spacial score (nSPS) is 16.8. The number of morpholine rings is 1. The summed E-state index contributed by atoms with van der Waals surface area (Å²) in [4.78, 5) is 14.7. The Hall–Kier alpha value is -2.77. The highest BCUT2D eigenvalue weighted by Gasteiger charge is 2.26. The van der Waals surface area contributed by atoms with E-state index in [-0.39, 0.29) is 16.8 Å². The molecular formula is C21H18ClF2N3O2. The minimum Gasteiger partial charge on any atom is -0.370 e. The van der Waals surface area contributed by atoms with Gasteiger partial charge in [-0.15, -0.1) is 0 Å². The predicted molar refractivity (Wildman–Crippen MR) is 107 cm³/mol. The molecule has 1 aliphatic rings. The Morgan fingerprint density at radius 2 is 1.97 bits per heavy atom. The molecule has 2 aromatic carbocycles. The van der Waals surface area contributed by atoms with Gasteiger partial charge in [0.2, 0.25) is 0 Å². The van der Waals surface area contributed by atoms with Crippen molar-refractivity contribution in [2.45, 2.75) is 13.0 Å². The molecular weight excluding hydrogens is 400 g/mol. The van der Waals surface area contributed by atoms with E-state index < -0.39 is 17.2 Å². The molecule has 1 atom stereocenters. The van der Waals surface area contributed by atoms with Crippen molar-refractivity contribution in [2.24, 2.45) is 0 Å². The number of rotatable bonds is 3. The van der Waals surface area contributed by atoms with Gasteiger partial charge in [-0.3, -0.25) is 4.79 Å². The number of aryl methyl sites for hydroxylation is 1. The number of benzene rings is 2. The maximum atomic E-state index is 14.1. The number of anilines is 1. The van der Waals surface area contributed by atoms with Crippen LogP contribution in [0.2, 0.25) is 5.02 Å². The number of nitrogens with zero attached hydrogens (tertiary/aromatic N) is 3. The van der Waals surface area contributed by atoms with Crippen LogP contribution in [-0.2, 0) is 4.74 Å². The van der Waals surface area contributed by atoms with Gasteiger partial charge in [0.15, 0.2) is 5.82 Å². The van der Waals surface area contributed by atoms with E-state index in [1.165, 1.54) is 6.20 Å². The molecule has 0 amide bonds. The fourth-order valence-electron chi connectivity index (χ4n) is 3.47. The largest absolute Gasteiger partial charge is 0.370 e. The molecule has 0 bridgehead atoms. The van der Waals surface area contributed by atoms with Gasteiger partial charge in [0.05, 0.1) is 18.5 Å². The van der Waals surface area contributed by atoms with E-state index >= 15 is 0 Å². The van der Waals surface area contributed by atoms with E-state index in [2.05, 4.69) is 5.10 Å². The van der Waals surface area contributed by atoms with Crippen LogP contribution in [0.1, 0.15) is 17.2 Å². The summed E-state index contributed by atoms with van der Waals surface area (Å²) in [7, 11) is 0. The summed E-state index contributed by atoms with van der Waals surface area (Å²) in [5.74, 6) is -1.63. The van der Waals surface area contributed by atoms with Crippen LogP contribution < -0.4 is 10.5 Å². The maximum absolute atomic E-state index is 14.1. The SMILES string of the molecule is Cc1ccccc1C1CN(c2cnn(-c3ccc(F)cc3F)c(=O)c2Cl)CCO1. The van der Waals surface area contributed by atoms with Gasteiger partial charge in [-0.1, -0.05) is 35.9 Å². The van der Waals surface area contributed by atoms with Crippen molar-refractivity contribution in [2.75, 3.05) is 24.6 Å². The highest BCUT2D eigenvalue weighted by atomic mass is 35.5. The van der Waals surface area contributed by atoms with E-state index in [9.17, 15) is 13.6 Å². The van der Waals surface area contributed by atoms with E-state index in [0.29, 0.717) is 31.5 Å². The summed E-state index contributed by atoms with van der Waals surface area (Å²) in [5, 5.41) is 3.99. The van der Waals surface area contributed by atoms with Gasteiger partial charge in [-0.2, -0.15) is 9.78 Å². The van der Waals surface area contributed by atoms with Crippen molar-refractivity contribution in [1.82, 2.24) is 9.78 Å². The quantitative estimate of drug-likeness (QED) is 0.645. The second kappa shape index (κ2) is 7.93. The molecule has 0 radical (unpaired) electrons. The summed E-state index contributed by atoms with van der Waals surface area (Å²) in [6.45, 7) is 3.52. The number of hydrogen-bond acceptors (Lipinski definition) is 4. The lowest BCUT2D eigenvalue weighted by Gasteiger charge is -2.35. The molecule has 1 aromatic heterocycles. The van der Waals surface area contributed by atoms with Gasteiger partial charge < -0.3 is 9.64 Å². The minimum atomic E-state index is -0.894. The van der Waals surface area contributed by atoms with E-state index in [4.69, 9.17) is 16.3 Å². The zero-order chi connectivity index (χ0) is 20.5. The van der Waals surface area contributed by atoms with Crippen LogP contribution in [0.3, 0.4) is 0 Å². The number of ether oxygens (including phenoxy) is 1. The Morgan fingerprint density at radius 1 is 1.17 bits per heavy atom. The van der Waals surface area contributed by atoms with Crippen LogP contribution >= 0.6 is 11.6 Å². The Bertz CT molecular complexity index is 1120. The third-order valence-electron chi connectivity index (χ3n) is 4.98. The van der Waals surface area contributed by atoms with Crippen LogP contribution in [0.15, 0.2) is 53.5 Å². The maximum Gasteiger partial charge on any atom is 0.292 e. The molecule has 29 heavy (non-hydrogen) atoms. The zero-order valence-electron chi connectivity index (χ0n) is 15.6. The van der Waals surface area contributed by atoms with Crippen LogP contribution in [0.25, 0.3) is 5.69 Å². The van der Waals surface area contributed by atoms with E-state index in [1.54, 1.807) is 0 Å². The molecule has 1 aliphatic heterocycles.